The molecule has 4 atom stereocenters. The van der Waals surface area contributed by atoms with Crippen LogP contribution in [0.15, 0.2) is 22.9 Å². The number of carbonyl (C=O) groups is 2. The van der Waals surface area contributed by atoms with Gasteiger partial charge in [0.1, 0.15) is 12.7 Å². The molecule has 1 aromatic rings. The molecule has 6 heteroatoms. The average molecular weight is 361 g/mol. The van der Waals surface area contributed by atoms with Crippen LogP contribution < -0.4 is 9.47 Å². The molecule has 25 heavy (non-hydrogen) atoms. The Morgan fingerprint density at radius 2 is 1.80 bits per heavy atom. The molecule has 0 bridgehead atoms. The number of rotatable bonds is 2. The van der Waals surface area contributed by atoms with Crippen molar-refractivity contribution in [2.45, 2.75) is 51.2 Å². The zero-order valence-electron chi connectivity index (χ0n) is 14.3. The average Bonchev–Trinajstić information content (AvgIpc) is 3.19. The molecule has 5 nitrogen and oxygen atoms in total. The van der Waals surface area contributed by atoms with Gasteiger partial charge in [-0.15, -0.1) is 11.3 Å². The van der Waals surface area contributed by atoms with Crippen molar-refractivity contribution in [3.63, 3.8) is 0 Å². The molecule has 2 amide bonds. The van der Waals surface area contributed by atoms with E-state index < -0.39 is 0 Å². The van der Waals surface area contributed by atoms with Gasteiger partial charge < -0.3 is 9.47 Å². The van der Waals surface area contributed by atoms with Gasteiger partial charge in [-0.25, -0.2) is 0 Å². The quantitative estimate of drug-likeness (QED) is 0.758. The summed E-state index contributed by atoms with van der Waals surface area (Å²) in [5.41, 5.74) is 0. The van der Waals surface area contributed by atoms with E-state index in [4.69, 9.17) is 9.47 Å². The highest BCUT2D eigenvalue weighted by Gasteiger charge is 2.37. The van der Waals surface area contributed by atoms with Gasteiger partial charge in [0.25, 0.3) is 11.8 Å². The van der Waals surface area contributed by atoms with Crippen LogP contribution in [0.4, 0.5) is 0 Å². The molecular formula is C19H23NO4S. The molecule has 0 N–H and O–H groups in total. The van der Waals surface area contributed by atoms with E-state index in [1.165, 1.54) is 17.1 Å². The highest BCUT2D eigenvalue weighted by molar-refractivity contribution is 7.08. The minimum Gasteiger partial charge on any atom is -0.485 e. The molecule has 1 aliphatic carbocycles. The molecular weight excluding hydrogens is 338 g/mol. The predicted molar refractivity (Wildman–Crippen MR) is 94.8 cm³/mol. The highest BCUT2D eigenvalue weighted by atomic mass is 32.1. The molecule has 1 aromatic heterocycles. The third kappa shape index (κ3) is 3.19. The summed E-state index contributed by atoms with van der Waals surface area (Å²) in [6.07, 6.45) is 7.81. The van der Waals surface area contributed by atoms with Gasteiger partial charge in [0.05, 0.1) is 0 Å². The second-order valence-electron chi connectivity index (χ2n) is 7.26. The Kier molecular flexibility index (Phi) is 4.54. The third-order valence-electron chi connectivity index (χ3n) is 5.70. The van der Waals surface area contributed by atoms with Gasteiger partial charge >= 0.3 is 0 Å². The normalized spacial score (nSPS) is 32.6. The first-order valence-corrected chi connectivity index (χ1v) is 9.98. The summed E-state index contributed by atoms with van der Waals surface area (Å²) in [6.45, 7) is 2.76. The van der Waals surface area contributed by atoms with Crippen LogP contribution in [0.1, 0.15) is 39.0 Å². The van der Waals surface area contributed by atoms with E-state index >= 15 is 0 Å². The molecule has 134 valence electrons. The second-order valence-corrected chi connectivity index (χ2v) is 8.00. The Bertz CT molecular complexity index is 679. The number of hydrogen-bond acceptors (Lipinski definition) is 5. The van der Waals surface area contributed by atoms with Crippen molar-refractivity contribution in [3.8, 4) is 11.5 Å². The number of nitrogens with zero attached hydrogens (tertiary/aromatic N) is 1. The van der Waals surface area contributed by atoms with E-state index in [0.29, 0.717) is 18.4 Å². The van der Waals surface area contributed by atoms with E-state index in [1.54, 1.807) is 11.3 Å². The van der Waals surface area contributed by atoms with Crippen molar-refractivity contribution < 1.29 is 19.1 Å². The number of thiophene rings is 1. The lowest BCUT2D eigenvalue weighted by molar-refractivity contribution is -0.141. The van der Waals surface area contributed by atoms with E-state index in [0.717, 1.165) is 43.6 Å². The van der Waals surface area contributed by atoms with Gasteiger partial charge in [0, 0.05) is 29.0 Å². The van der Waals surface area contributed by atoms with E-state index in [1.807, 2.05) is 10.8 Å². The van der Waals surface area contributed by atoms with E-state index in [-0.39, 0.29) is 24.0 Å². The Morgan fingerprint density at radius 1 is 1.04 bits per heavy atom. The molecule has 0 spiro atoms. The van der Waals surface area contributed by atoms with Crippen molar-refractivity contribution in [2.24, 2.45) is 11.8 Å². The summed E-state index contributed by atoms with van der Waals surface area (Å²) in [5, 5.41) is 3.98. The van der Waals surface area contributed by atoms with E-state index in [2.05, 4.69) is 6.92 Å². The number of hydrogen-bond donors (Lipinski definition) is 0. The van der Waals surface area contributed by atoms with Crippen molar-refractivity contribution >= 4 is 23.2 Å². The maximum Gasteiger partial charge on any atom is 0.253 e. The molecule has 1 saturated carbocycles. The molecule has 4 unspecified atom stereocenters. The van der Waals surface area contributed by atoms with Gasteiger partial charge in [-0.1, -0.05) is 13.3 Å². The predicted octanol–water partition coefficient (Wildman–Crippen LogP) is 3.40. The lowest BCUT2D eigenvalue weighted by Crippen LogP contribution is -2.45. The number of ether oxygens (including phenoxy) is 2. The maximum absolute atomic E-state index is 12.0. The largest absolute Gasteiger partial charge is 0.485 e. The maximum atomic E-state index is 12.0. The summed E-state index contributed by atoms with van der Waals surface area (Å²) in [5.74, 6) is 2.17. The Morgan fingerprint density at radius 3 is 2.60 bits per heavy atom. The standard InChI is InChI=1S/C19H23NO4S/c1-12-5-6-13(15-9-23-16-10-25-11-17(16)24-15)3-2-4-14(12)20-18(21)7-8-19(20)22/h7-8,10-15H,2-6,9H2,1H3. The fraction of sp³-hybridized carbons (Fsp3) is 0.579. The van der Waals surface area contributed by atoms with Crippen molar-refractivity contribution in [2.75, 3.05) is 6.61 Å². The molecule has 1 fully saturated rings. The SMILES string of the molecule is CC1CCC(C2COc3cscc3O2)CCCC1N1C(=O)C=CC1=O. The first-order valence-electron chi connectivity index (χ1n) is 9.04. The van der Waals surface area contributed by atoms with Gasteiger partial charge in [0.15, 0.2) is 11.5 Å². The van der Waals surface area contributed by atoms with Gasteiger partial charge in [-0.05, 0) is 37.5 Å². The first kappa shape index (κ1) is 16.6. The van der Waals surface area contributed by atoms with Gasteiger partial charge in [0.2, 0.25) is 0 Å². The van der Waals surface area contributed by atoms with Crippen molar-refractivity contribution in [1.82, 2.24) is 4.90 Å². The monoisotopic (exact) mass is 361 g/mol. The number of imide groups is 1. The fourth-order valence-corrected chi connectivity index (χ4v) is 4.92. The van der Waals surface area contributed by atoms with Crippen molar-refractivity contribution in [3.05, 3.63) is 22.9 Å². The smallest absolute Gasteiger partial charge is 0.253 e. The van der Waals surface area contributed by atoms with Gasteiger partial charge in [-0.3, -0.25) is 14.5 Å². The third-order valence-corrected chi connectivity index (χ3v) is 6.40. The molecule has 3 aliphatic rings. The second kappa shape index (κ2) is 6.83. The van der Waals surface area contributed by atoms with Crippen molar-refractivity contribution in [1.29, 1.82) is 0 Å². The zero-order valence-corrected chi connectivity index (χ0v) is 15.2. The van der Waals surface area contributed by atoms with Crippen LogP contribution in [-0.4, -0.2) is 35.5 Å². The minimum absolute atomic E-state index is 0.0166. The zero-order chi connectivity index (χ0) is 17.4. The molecule has 2 aliphatic heterocycles. The van der Waals surface area contributed by atoms with Crippen LogP contribution in [0.5, 0.6) is 11.5 Å². The molecule has 0 radical (unpaired) electrons. The molecule has 0 aromatic carbocycles. The van der Waals surface area contributed by atoms with Gasteiger partial charge in [-0.2, -0.15) is 0 Å². The van der Waals surface area contributed by atoms with Crippen LogP contribution in [0.3, 0.4) is 0 Å². The summed E-state index contributed by atoms with van der Waals surface area (Å²) in [6, 6.07) is 0.0166. The fourth-order valence-electron chi connectivity index (χ4n) is 4.25. The Balaban J connectivity index is 1.40. The molecule has 0 saturated heterocycles. The van der Waals surface area contributed by atoms with E-state index in [9.17, 15) is 9.59 Å². The lowest BCUT2D eigenvalue weighted by Gasteiger charge is -2.37. The summed E-state index contributed by atoms with van der Waals surface area (Å²) in [4.78, 5) is 25.5. The van der Waals surface area contributed by atoms with Crippen LogP contribution in [0.25, 0.3) is 0 Å². The summed E-state index contributed by atoms with van der Waals surface area (Å²) in [7, 11) is 0. The number of amides is 2. The highest BCUT2D eigenvalue weighted by Crippen LogP contribution is 2.39. The van der Waals surface area contributed by atoms with Crippen LogP contribution in [0.2, 0.25) is 0 Å². The van der Waals surface area contributed by atoms with Crippen LogP contribution >= 0.6 is 11.3 Å². The minimum atomic E-state index is -0.159. The first-order chi connectivity index (χ1) is 12.1. The number of carbonyl (C=O) groups excluding carboxylic acids is 2. The topological polar surface area (TPSA) is 55.8 Å². The Labute approximate surface area is 151 Å². The molecule has 3 heterocycles. The summed E-state index contributed by atoms with van der Waals surface area (Å²) >= 11 is 1.60. The Hall–Kier alpha value is -1.82. The summed E-state index contributed by atoms with van der Waals surface area (Å²) < 4.78 is 12.0. The van der Waals surface area contributed by atoms with Crippen LogP contribution in [-0.2, 0) is 9.59 Å². The lowest BCUT2D eigenvalue weighted by atomic mass is 9.80. The molecule has 4 rings (SSSR count). The number of fused-ring (bicyclic) bond motifs is 1. The van der Waals surface area contributed by atoms with Crippen LogP contribution in [0, 0.1) is 11.8 Å².